The van der Waals surface area contributed by atoms with Gasteiger partial charge in [-0.3, -0.25) is 9.48 Å². The number of carbonyl (C=O) groups excluding carboxylic acids is 1. The minimum Gasteiger partial charge on any atom is -0.321 e. The van der Waals surface area contributed by atoms with E-state index in [9.17, 15) is 18.0 Å². The van der Waals surface area contributed by atoms with Gasteiger partial charge in [-0.2, -0.15) is 13.2 Å². The number of carbonyl (C=O) groups is 1. The number of hydrogen-bond donors (Lipinski definition) is 0. The molecule has 0 saturated heterocycles. The van der Waals surface area contributed by atoms with Crippen molar-refractivity contribution in [2.45, 2.75) is 18.6 Å². The molecule has 122 valence electrons. The van der Waals surface area contributed by atoms with E-state index in [4.69, 9.17) is 0 Å². The van der Waals surface area contributed by atoms with E-state index < -0.39 is 18.1 Å². The van der Waals surface area contributed by atoms with E-state index >= 15 is 0 Å². The summed E-state index contributed by atoms with van der Waals surface area (Å²) < 4.78 is 42.9. The van der Waals surface area contributed by atoms with E-state index in [2.05, 4.69) is 26.2 Å². The largest absolute Gasteiger partial charge is 0.413 e. The lowest BCUT2D eigenvalue weighted by atomic mass is 10.0. The molecule has 5 nitrogen and oxygen atoms in total. The molecule has 1 unspecified atom stereocenters. The van der Waals surface area contributed by atoms with Gasteiger partial charge < -0.3 is 4.90 Å². The molecule has 0 saturated carbocycles. The maximum absolute atomic E-state index is 13.6. The van der Waals surface area contributed by atoms with Gasteiger partial charge in [0.1, 0.15) is 0 Å². The standard InChI is InChI=1S/C14H12BrF3N4O/c1-21-10-6-7-22(13(23)11(10)19-20-21)12(14(16,17)18)8-2-4-9(15)5-3-8/h2-5,12H,6-7H2,1H3. The highest BCUT2D eigenvalue weighted by molar-refractivity contribution is 9.10. The van der Waals surface area contributed by atoms with Crippen LogP contribution in [0.3, 0.4) is 0 Å². The maximum atomic E-state index is 13.6. The van der Waals surface area contributed by atoms with Crippen LogP contribution in [0.4, 0.5) is 13.2 Å². The first kappa shape index (κ1) is 16.0. The summed E-state index contributed by atoms with van der Waals surface area (Å²) in [5.74, 6) is -0.746. The second-order valence-corrected chi connectivity index (χ2v) is 6.17. The van der Waals surface area contributed by atoms with Crippen molar-refractivity contribution in [3.8, 4) is 0 Å². The highest BCUT2D eigenvalue weighted by Gasteiger charge is 2.48. The van der Waals surface area contributed by atoms with Crippen LogP contribution in [-0.4, -0.2) is 38.5 Å². The molecule has 1 amide bonds. The minimum atomic E-state index is -4.58. The maximum Gasteiger partial charge on any atom is 0.413 e. The van der Waals surface area contributed by atoms with Crippen LogP contribution in [0.2, 0.25) is 0 Å². The van der Waals surface area contributed by atoms with Crippen LogP contribution in [0.5, 0.6) is 0 Å². The Morgan fingerprint density at radius 3 is 2.52 bits per heavy atom. The average Bonchev–Trinajstić information content (AvgIpc) is 2.85. The zero-order valence-electron chi connectivity index (χ0n) is 12.0. The molecule has 2 aromatic rings. The van der Waals surface area contributed by atoms with Gasteiger partial charge in [0.05, 0.1) is 5.69 Å². The molecule has 0 radical (unpaired) electrons. The highest BCUT2D eigenvalue weighted by atomic mass is 79.9. The molecule has 0 bridgehead atoms. The molecule has 0 fully saturated rings. The third-order valence-corrected chi connectivity index (χ3v) is 4.33. The van der Waals surface area contributed by atoms with Crippen molar-refractivity contribution in [1.29, 1.82) is 0 Å². The molecule has 3 rings (SSSR count). The van der Waals surface area contributed by atoms with Crippen molar-refractivity contribution in [2.24, 2.45) is 7.05 Å². The first-order valence-corrected chi connectivity index (χ1v) is 7.60. The summed E-state index contributed by atoms with van der Waals surface area (Å²) in [4.78, 5) is 13.3. The summed E-state index contributed by atoms with van der Waals surface area (Å²) in [7, 11) is 1.62. The van der Waals surface area contributed by atoms with Crippen LogP contribution in [0, 0.1) is 0 Å². The van der Waals surface area contributed by atoms with Gasteiger partial charge in [-0.25, -0.2) is 0 Å². The summed E-state index contributed by atoms with van der Waals surface area (Å²) in [6, 6.07) is 3.77. The number of benzene rings is 1. The molecule has 0 aliphatic carbocycles. The Morgan fingerprint density at radius 1 is 1.26 bits per heavy atom. The summed E-state index contributed by atoms with van der Waals surface area (Å²) in [5, 5.41) is 7.43. The number of alkyl halides is 3. The van der Waals surface area contributed by atoms with Crippen molar-refractivity contribution >= 4 is 21.8 Å². The Balaban J connectivity index is 2.02. The van der Waals surface area contributed by atoms with Crippen molar-refractivity contribution in [3.05, 3.63) is 45.7 Å². The van der Waals surface area contributed by atoms with E-state index in [0.717, 1.165) is 4.90 Å². The SMILES string of the molecule is Cn1nnc2c1CCN(C(c1ccc(Br)cc1)C(F)(F)F)C2=O. The Morgan fingerprint density at radius 2 is 1.91 bits per heavy atom. The van der Waals surface area contributed by atoms with Gasteiger partial charge in [-0.05, 0) is 17.7 Å². The molecular weight excluding hydrogens is 377 g/mol. The molecule has 1 aliphatic rings. The molecule has 1 aromatic heterocycles. The van der Waals surface area contributed by atoms with Crippen LogP contribution in [0.15, 0.2) is 28.7 Å². The highest BCUT2D eigenvalue weighted by Crippen LogP contribution is 2.40. The van der Waals surface area contributed by atoms with Crippen LogP contribution in [0.25, 0.3) is 0 Å². The number of fused-ring (bicyclic) bond motifs is 1. The van der Waals surface area contributed by atoms with E-state index in [-0.39, 0.29) is 24.2 Å². The first-order valence-electron chi connectivity index (χ1n) is 6.80. The average molecular weight is 389 g/mol. The molecule has 2 heterocycles. The topological polar surface area (TPSA) is 51.0 Å². The van der Waals surface area contributed by atoms with Crippen molar-refractivity contribution in [2.75, 3.05) is 6.54 Å². The quantitative estimate of drug-likeness (QED) is 0.794. The fourth-order valence-corrected chi connectivity index (χ4v) is 2.99. The Labute approximate surface area is 138 Å². The Hall–Kier alpha value is -1.90. The number of nitrogens with zero attached hydrogens (tertiary/aromatic N) is 4. The molecule has 1 aromatic carbocycles. The van der Waals surface area contributed by atoms with Crippen molar-refractivity contribution in [1.82, 2.24) is 19.9 Å². The number of rotatable bonds is 2. The van der Waals surface area contributed by atoms with Crippen LogP contribution in [-0.2, 0) is 13.5 Å². The third-order valence-electron chi connectivity index (χ3n) is 3.80. The van der Waals surface area contributed by atoms with Crippen LogP contribution < -0.4 is 0 Å². The van der Waals surface area contributed by atoms with Gasteiger partial charge in [0.15, 0.2) is 11.7 Å². The fourth-order valence-electron chi connectivity index (χ4n) is 2.72. The van der Waals surface area contributed by atoms with Gasteiger partial charge in [0.2, 0.25) is 0 Å². The lowest BCUT2D eigenvalue weighted by Crippen LogP contribution is -2.46. The van der Waals surface area contributed by atoms with Gasteiger partial charge in [0, 0.05) is 24.5 Å². The van der Waals surface area contributed by atoms with E-state index in [1.54, 1.807) is 7.05 Å². The third kappa shape index (κ3) is 2.85. The predicted octanol–water partition coefficient (Wildman–Crippen LogP) is 2.88. The fraction of sp³-hybridized carbons (Fsp3) is 0.357. The molecule has 0 spiro atoms. The zero-order valence-corrected chi connectivity index (χ0v) is 13.6. The Bertz CT molecular complexity index is 741. The van der Waals surface area contributed by atoms with E-state index in [1.807, 2.05) is 0 Å². The molecular formula is C14H12BrF3N4O. The van der Waals surface area contributed by atoms with Crippen LogP contribution >= 0.6 is 15.9 Å². The van der Waals surface area contributed by atoms with Gasteiger partial charge in [-0.1, -0.05) is 33.3 Å². The zero-order chi connectivity index (χ0) is 16.8. The van der Waals surface area contributed by atoms with Crippen LogP contribution in [0.1, 0.15) is 27.8 Å². The second kappa shape index (κ2) is 5.63. The predicted molar refractivity (Wildman–Crippen MR) is 78.7 cm³/mol. The van der Waals surface area contributed by atoms with Gasteiger partial charge in [0.25, 0.3) is 5.91 Å². The number of halogens is 4. The molecule has 23 heavy (non-hydrogen) atoms. The van der Waals surface area contributed by atoms with E-state index in [1.165, 1.54) is 28.9 Å². The lowest BCUT2D eigenvalue weighted by molar-refractivity contribution is -0.179. The van der Waals surface area contributed by atoms with Gasteiger partial charge >= 0.3 is 6.18 Å². The van der Waals surface area contributed by atoms with Crippen molar-refractivity contribution in [3.63, 3.8) is 0 Å². The summed E-state index contributed by atoms with van der Waals surface area (Å²) in [6.45, 7) is -0.0344. The number of aryl methyl sites for hydroxylation is 1. The monoisotopic (exact) mass is 388 g/mol. The number of aromatic nitrogens is 3. The van der Waals surface area contributed by atoms with Crippen molar-refractivity contribution < 1.29 is 18.0 Å². The first-order chi connectivity index (χ1) is 10.8. The molecule has 0 N–H and O–H groups in total. The van der Waals surface area contributed by atoms with E-state index in [0.29, 0.717) is 10.2 Å². The Kier molecular flexibility index (Phi) is 3.91. The smallest absolute Gasteiger partial charge is 0.321 e. The molecule has 1 aliphatic heterocycles. The molecule has 1 atom stereocenters. The summed E-state index contributed by atoms with van der Waals surface area (Å²) in [5.41, 5.74) is 0.564. The normalized spacial score (nSPS) is 16.4. The van der Waals surface area contributed by atoms with Gasteiger partial charge in [-0.15, -0.1) is 5.10 Å². The second-order valence-electron chi connectivity index (χ2n) is 5.25. The number of amides is 1. The number of hydrogen-bond acceptors (Lipinski definition) is 3. The minimum absolute atomic E-state index is 0.00916. The summed E-state index contributed by atoms with van der Waals surface area (Å²) in [6.07, 6.45) is -4.29. The summed E-state index contributed by atoms with van der Waals surface area (Å²) >= 11 is 3.19. The molecule has 9 heteroatoms. The lowest BCUT2D eigenvalue weighted by Gasteiger charge is -2.35.